The average molecular weight is 557 g/mol. The largest absolute Gasteiger partial charge is 0.459 e. The van der Waals surface area contributed by atoms with Crippen molar-refractivity contribution in [1.29, 1.82) is 0 Å². The number of epoxide rings is 2. The number of carbonyl (C=O) groups is 4. The minimum Gasteiger partial charge on any atom is -0.459 e. The maximum Gasteiger partial charge on any atom is 0.312 e. The molecule has 5 fully saturated rings. The summed E-state index contributed by atoms with van der Waals surface area (Å²) in [7, 11) is 0. The van der Waals surface area contributed by atoms with E-state index in [0.29, 0.717) is 5.57 Å². The van der Waals surface area contributed by atoms with Crippen molar-refractivity contribution in [2.24, 2.45) is 23.2 Å². The third kappa shape index (κ3) is 3.80. The van der Waals surface area contributed by atoms with E-state index in [1.54, 1.807) is 6.92 Å². The first kappa shape index (κ1) is 27.4. The molecule has 0 bridgehead atoms. The van der Waals surface area contributed by atoms with E-state index in [4.69, 9.17) is 40.0 Å². The summed E-state index contributed by atoms with van der Waals surface area (Å²) in [4.78, 5) is 49.9. The van der Waals surface area contributed by atoms with E-state index >= 15 is 0 Å². The zero-order valence-corrected chi connectivity index (χ0v) is 22.8. The van der Waals surface area contributed by atoms with Gasteiger partial charge < -0.3 is 33.5 Å². The van der Waals surface area contributed by atoms with Crippen LogP contribution in [0, 0.1) is 23.2 Å². The van der Waals surface area contributed by atoms with Gasteiger partial charge in [0.05, 0.1) is 17.4 Å². The number of rotatable bonds is 3. The van der Waals surface area contributed by atoms with Crippen LogP contribution in [0.3, 0.4) is 0 Å². The molecule has 3 aliphatic heterocycles. The van der Waals surface area contributed by atoms with Crippen LogP contribution in [-0.2, 0) is 47.6 Å². The lowest BCUT2D eigenvalue weighted by atomic mass is 9.53. The average Bonchev–Trinajstić information content (AvgIpc) is 3.73. The van der Waals surface area contributed by atoms with Crippen molar-refractivity contribution < 1.29 is 52.7 Å². The lowest BCUT2D eigenvalue weighted by molar-refractivity contribution is -0.226. The maximum absolute atomic E-state index is 12.9. The van der Waals surface area contributed by atoms with Crippen molar-refractivity contribution in [3.8, 4) is 0 Å². The molecule has 2 aliphatic carbocycles. The Bertz CT molecular complexity index is 1090. The zero-order valence-electron chi connectivity index (χ0n) is 22.0. The predicted octanol–water partition coefficient (Wildman–Crippen LogP) is 1.06. The Labute approximate surface area is 225 Å². The number of hydrogen-bond acceptors (Lipinski definition) is 11. The summed E-state index contributed by atoms with van der Waals surface area (Å²) >= 11 is 6.79. The molecule has 3 heterocycles. The highest BCUT2D eigenvalue weighted by Gasteiger charge is 2.78. The van der Waals surface area contributed by atoms with E-state index < -0.39 is 107 Å². The number of alkyl halides is 1. The number of carbonyl (C=O) groups excluding carboxylic acids is 4. The van der Waals surface area contributed by atoms with E-state index in [-0.39, 0.29) is 0 Å². The number of aliphatic hydroxyl groups is 1. The maximum atomic E-state index is 12.9. The normalized spacial score (nSPS) is 50.7. The van der Waals surface area contributed by atoms with Crippen LogP contribution >= 0.6 is 11.6 Å². The summed E-state index contributed by atoms with van der Waals surface area (Å²) < 4.78 is 35.1. The molecular weight excluding hydrogens is 524 g/mol. The van der Waals surface area contributed by atoms with Crippen molar-refractivity contribution in [3.63, 3.8) is 0 Å². The van der Waals surface area contributed by atoms with Gasteiger partial charge in [-0.15, -0.1) is 11.6 Å². The molecule has 12 heteroatoms. The minimum absolute atomic E-state index is 0.331. The Morgan fingerprint density at radius 3 is 2.11 bits per heavy atom. The topological polar surface area (TPSA) is 150 Å². The fourth-order valence-electron chi connectivity index (χ4n) is 7.28. The van der Waals surface area contributed by atoms with Crippen molar-refractivity contribution in [1.82, 2.24) is 0 Å². The first-order valence-corrected chi connectivity index (χ1v) is 13.2. The first-order chi connectivity index (χ1) is 17.6. The van der Waals surface area contributed by atoms with Crippen LogP contribution in [-0.4, -0.2) is 88.8 Å². The molecule has 0 radical (unpaired) electrons. The van der Waals surface area contributed by atoms with Crippen LogP contribution in [0.1, 0.15) is 41.5 Å². The van der Waals surface area contributed by atoms with Gasteiger partial charge in [-0.05, 0) is 12.5 Å². The van der Waals surface area contributed by atoms with Crippen molar-refractivity contribution in [2.75, 3.05) is 0 Å². The van der Waals surface area contributed by atoms with E-state index in [1.807, 2.05) is 6.92 Å². The van der Waals surface area contributed by atoms with Crippen LogP contribution in [0.4, 0.5) is 0 Å². The summed E-state index contributed by atoms with van der Waals surface area (Å²) in [6.07, 6.45) is -6.89. The second-order valence-corrected chi connectivity index (χ2v) is 11.8. The SMILES string of the molecule is C=C1[C@H]2O[C@H]2[C@H](OC(C)=O)[C@]2(C)[C@H]([C@@H](C)[C@@H](OC(C)=O)[C@@H]3O[C@@H]32)[C@@H](OC(C)=O)[C@]2(O)[C@@H](C)C(=O)O[C@H]2[C@H]1Cl. The Kier molecular flexibility index (Phi) is 6.41. The van der Waals surface area contributed by atoms with Gasteiger partial charge in [0.1, 0.15) is 36.6 Å². The molecule has 210 valence electrons. The summed E-state index contributed by atoms with van der Waals surface area (Å²) in [5.74, 6) is -5.18. The van der Waals surface area contributed by atoms with Crippen molar-refractivity contribution in [3.05, 3.63) is 12.2 Å². The molecule has 3 saturated heterocycles. The molecule has 5 aliphatic rings. The molecule has 1 N–H and O–H groups in total. The smallest absolute Gasteiger partial charge is 0.312 e. The van der Waals surface area contributed by atoms with Gasteiger partial charge >= 0.3 is 23.9 Å². The lowest BCUT2D eigenvalue weighted by Crippen LogP contribution is -2.69. The first-order valence-electron chi connectivity index (χ1n) is 12.7. The third-order valence-corrected chi connectivity index (χ3v) is 9.61. The zero-order chi connectivity index (χ0) is 28.1. The molecule has 0 aromatic rings. The number of ether oxygens (including phenoxy) is 6. The highest BCUT2D eigenvalue weighted by molar-refractivity contribution is 6.23. The Morgan fingerprint density at radius 2 is 1.53 bits per heavy atom. The van der Waals surface area contributed by atoms with Crippen LogP contribution in [0.15, 0.2) is 12.2 Å². The van der Waals surface area contributed by atoms with Crippen molar-refractivity contribution in [2.45, 2.75) is 101 Å². The van der Waals surface area contributed by atoms with Gasteiger partial charge in [0.25, 0.3) is 0 Å². The van der Waals surface area contributed by atoms with Crippen LogP contribution in [0.5, 0.6) is 0 Å². The Morgan fingerprint density at radius 1 is 0.947 bits per heavy atom. The van der Waals surface area contributed by atoms with Crippen LogP contribution in [0.2, 0.25) is 0 Å². The quantitative estimate of drug-likeness (QED) is 0.175. The fraction of sp³-hybridized carbons (Fsp3) is 0.769. The molecule has 0 amide bonds. The molecular formula is C26H33ClO11. The Balaban J connectivity index is 1.75. The second kappa shape index (κ2) is 8.90. The standard InChI is InChI=1S/C26H33ClO11/c1-8-14-20(34-12(5)29)26(32)10(3)24(31)38-21(26)15(27)9(2)17-18(36-17)22(35-13(6)30)25(14,7)23-19(37-23)16(8)33-11(4)28/h8,10,14-23,32H,2H2,1,3-7H3/t8-,10+,14-,15+,16-,17-,18-,19+,20-,21+,22+,23+,25+,26-/m1/s1. The summed E-state index contributed by atoms with van der Waals surface area (Å²) in [6, 6.07) is 0. The van der Waals surface area contributed by atoms with Crippen LogP contribution in [0.25, 0.3) is 0 Å². The third-order valence-electron chi connectivity index (χ3n) is 9.10. The molecule has 0 spiro atoms. The van der Waals surface area contributed by atoms with Gasteiger partial charge in [0, 0.05) is 38.0 Å². The molecule has 0 aromatic heterocycles. The van der Waals surface area contributed by atoms with Gasteiger partial charge in [-0.1, -0.05) is 20.4 Å². The van der Waals surface area contributed by atoms with E-state index in [1.165, 1.54) is 27.7 Å². The molecule has 14 atom stereocenters. The molecule has 5 rings (SSSR count). The highest BCUT2D eigenvalue weighted by Crippen LogP contribution is 2.64. The van der Waals surface area contributed by atoms with Gasteiger partial charge in [0.15, 0.2) is 11.7 Å². The second-order valence-electron chi connectivity index (χ2n) is 11.4. The Hall–Kier alpha value is -2.21. The summed E-state index contributed by atoms with van der Waals surface area (Å²) in [5, 5.41) is 11.3. The number of fused-ring (bicyclic) bond motifs is 5. The predicted molar refractivity (Wildman–Crippen MR) is 128 cm³/mol. The van der Waals surface area contributed by atoms with E-state index in [9.17, 15) is 24.3 Å². The molecule has 0 aromatic carbocycles. The van der Waals surface area contributed by atoms with Crippen molar-refractivity contribution >= 4 is 35.5 Å². The number of hydrogen-bond donors (Lipinski definition) is 1. The van der Waals surface area contributed by atoms with Gasteiger partial charge in [-0.25, -0.2) is 0 Å². The van der Waals surface area contributed by atoms with Crippen LogP contribution < -0.4 is 0 Å². The number of esters is 4. The minimum atomic E-state index is -2.12. The van der Waals surface area contributed by atoms with E-state index in [0.717, 1.165) is 0 Å². The number of halogens is 1. The van der Waals surface area contributed by atoms with Gasteiger partial charge in [-0.3, -0.25) is 19.2 Å². The molecule has 38 heavy (non-hydrogen) atoms. The summed E-state index contributed by atoms with van der Waals surface area (Å²) in [5.41, 5.74) is -2.92. The monoisotopic (exact) mass is 556 g/mol. The molecule has 2 saturated carbocycles. The lowest BCUT2D eigenvalue weighted by Gasteiger charge is -2.54. The summed E-state index contributed by atoms with van der Waals surface area (Å²) in [6.45, 7) is 12.9. The van der Waals surface area contributed by atoms with E-state index in [2.05, 4.69) is 6.58 Å². The highest BCUT2D eigenvalue weighted by atomic mass is 35.5. The molecule has 11 nitrogen and oxygen atoms in total. The fourth-order valence-corrected chi connectivity index (χ4v) is 7.65. The van der Waals surface area contributed by atoms with Gasteiger partial charge in [0.2, 0.25) is 0 Å². The molecule has 0 unspecified atom stereocenters. The van der Waals surface area contributed by atoms with Gasteiger partial charge in [-0.2, -0.15) is 0 Å².